The molecule has 2 rings (SSSR count). The number of benzene rings is 1. The zero-order chi connectivity index (χ0) is 15.2. The van der Waals surface area contributed by atoms with Crippen LogP contribution in [0, 0.1) is 0 Å². The van der Waals surface area contributed by atoms with E-state index in [1.165, 1.54) is 5.56 Å². The van der Waals surface area contributed by atoms with Crippen molar-refractivity contribution in [2.75, 3.05) is 13.2 Å². The molecule has 1 fully saturated rings. The van der Waals surface area contributed by atoms with Gasteiger partial charge >= 0.3 is 5.97 Å². The minimum atomic E-state index is -0.898. The van der Waals surface area contributed by atoms with E-state index >= 15 is 0 Å². The van der Waals surface area contributed by atoms with Gasteiger partial charge in [-0.1, -0.05) is 30.3 Å². The molecule has 0 aliphatic carbocycles. The molecule has 0 saturated carbocycles. The first kappa shape index (κ1) is 15.6. The van der Waals surface area contributed by atoms with E-state index in [0.717, 1.165) is 25.9 Å². The molecule has 4 heteroatoms. The number of nitrogens with zero attached hydrogens (tertiary/aromatic N) is 1. The molecular weight excluding hydrogens is 266 g/mol. The molecular formula is C17H23NO3. The van der Waals surface area contributed by atoms with E-state index in [-0.39, 0.29) is 6.04 Å². The lowest BCUT2D eigenvalue weighted by molar-refractivity contribution is -0.132. The second-order valence-electron chi connectivity index (χ2n) is 5.34. The summed E-state index contributed by atoms with van der Waals surface area (Å²) < 4.78 is 5.67. The van der Waals surface area contributed by atoms with Crippen molar-refractivity contribution in [1.29, 1.82) is 0 Å². The van der Waals surface area contributed by atoms with Gasteiger partial charge in [0.2, 0.25) is 0 Å². The van der Waals surface area contributed by atoms with Crippen molar-refractivity contribution in [1.82, 2.24) is 4.90 Å². The number of ether oxygens (including phenoxy) is 1. The van der Waals surface area contributed by atoms with E-state index in [9.17, 15) is 9.90 Å². The zero-order valence-electron chi connectivity index (χ0n) is 12.7. The molecule has 1 heterocycles. The van der Waals surface area contributed by atoms with Crippen molar-refractivity contribution in [3.63, 3.8) is 0 Å². The number of carboxylic acids is 1. The van der Waals surface area contributed by atoms with Gasteiger partial charge in [-0.25, -0.2) is 4.79 Å². The van der Waals surface area contributed by atoms with E-state index in [0.29, 0.717) is 17.9 Å². The summed E-state index contributed by atoms with van der Waals surface area (Å²) in [7, 11) is 0. The molecule has 4 nitrogen and oxygen atoms in total. The second kappa shape index (κ2) is 7.27. The minimum Gasteiger partial charge on any atom is -0.496 e. The SMILES string of the molecule is CCO/C(=C(\C)C(=O)O)[C@@H]1CCCN1Cc1ccccc1. The Morgan fingerprint density at radius 3 is 2.71 bits per heavy atom. The summed E-state index contributed by atoms with van der Waals surface area (Å²) in [5, 5.41) is 9.26. The van der Waals surface area contributed by atoms with Crippen LogP contribution in [0.3, 0.4) is 0 Å². The summed E-state index contributed by atoms with van der Waals surface area (Å²) in [4.78, 5) is 13.6. The van der Waals surface area contributed by atoms with Gasteiger partial charge in [-0.15, -0.1) is 0 Å². The third-order valence-corrected chi connectivity index (χ3v) is 3.89. The van der Waals surface area contributed by atoms with E-state index in [1.807, 2.05) is 25.1 Å². The molecule has 114 valence electrons. The van der Waals surface area contributed by atoms with Crippen molar-refractivity contribution in [3.05, 3.63) is 47.2 Å². The van der Waals surface area contributed by atoms with Crippen LogP contribution < -0.4 is 0 Å². The quantitative estimate of drug-likeness (QED) is 0.646. The fourth-order valence-electron chi connectivity index (χ4n) is 2.85. The molecule has 1 aliphatic rings. The lowest BCUT2D eigenvalue weighted by Gasteiger charge is -2.27. The van der Waals surface area contributed by atoms with Crippen LogP contribution >= 0.6 is 0 Å². The Morgan fingerprint density at radius 2 is 2.10 bits per heavy atom. The largest absolute Gasteiger partial charge is 0.496 e. The lowest BCUT2D eigenvalue weighted by atomic mass is 10.1. The average molecular weight is 289 g/mol. The summed E-state index contributed by atoms with van der Waals surface area (Å²) in [5.41, 5.74) is 1.56. The number of hydrogen-bond donors (Lipinski definition) is 1. The molecule has 1 aromatic carbocycles. The fourth-order valence-corrected chi connectivity index (χ4v) is 2.85. The second-order valence-corrected chi connectivity index (χ2v) is 5.34. The predicted molar refractivity (Wildman–Crippen MR) is 81.8 cm³/mol. The summed E-state index contributed by atoms with van der Waals surface area (Å²) in [5.74, 6) is -0.275. The number of carbonyl (C=O) groups is 1. The molecule has 0 bridgehead atoms. The molecule has 0 unspecified atom stereocenters. The number of likely N-dealkylation sites (tertiary alicyclic amines) is 1. The minimum absolute atomic E-state index is 0.0706. The first-order valence-electron chi connectivity index (χ1n) is 7.48. The van der Waals surface area contributed by atoms with Gasteiger partial charge in [0, 0.05) is 6.54 Å². The normalized spacial score (nSPS) is 20.2. The molecule has 1 aliphatic heterocycles. The average Bonchev–Trinajstić information content (AvgIpc) is 2.93. The molecule has 1 saturated heterocycles. The Hall–Kier alpha value is -1.81. The van der Waals surface area contributed by atoms with Crippen LogP contribution in [0.4, 0.5) is 0 Å². The highest BCUT2D eigenvalue weighted by Crippen LogP contribution is 2.28. The van der Waals surface area contributed by atoms with Gasteiger partial charge in [-0.05, 0) is 38.8 Å². The summed E-state index contributed by atoms with van der Waals surface area (Å²) in [6, 6.07) is 10.3. The van der Waals surface area contributed by atoms with Gasteiger partial charge in [0.15, 0.2) is 0 Å². The Kier molecular flexibility index (Phi) is 5.39. The lowest BCUT2D eigenvalue weighted by Crippen LogP contribution is -2.32. The van der Waals surface area contributed by atoms with Gasteiger partial charge in [0.1, 0.15) is 5.76 Å². The van der Waals surface area contributed by atoms with Gasteiger partial charge < -0.3 is 9.84 Å². The van der Waals surface area contributed by atoms with Crippen LogP contribution in [0.25, 0.3) is 0 Å². The molecule has 0 spiro atoms. The number of aliphatic carboxylic acids is 1. The highest BCUT2D eigenvalue weighted by atomic mass is 16.5. The highest BCUT2D eigenvalue weighted by molar-refractivity contribution is 5.86. The predicted octanol–water partition coefficient (Wildman–Crippen LogP) is 3.05. The van der Waals surface area contributed by atoms with E-state index < -0.39 is 5.97 Å². The fraction of sp³-hybridized carbons (Fsp3) is 0.471. The van der Waals surface area contributed by atoms with Crippen molar-refractivity contribution >= 4 is 5.97 Å². The van der Waals surface area contributed by atoms with E-state index in [2.05, 4.69) is 17.0 Å². The third kappa shape index (κ3) is 3.85. The number of hydrogen-bond acceptors (Lipinski definition) is 3. The third-order valence-electron chi connectivity index (χ3n) is 3.89. The first-order valence-corrected chi connectivity index (χ1v) is 7.48. The summed E-state index contributed by atoms with van der Waals surface area (Å²) in [6.45, 7) is 5.83. The summed E-state index contributed by atoms with van der Waals surface area (Å²) >= 11 is 0. The summed E-state index contributed by atoms with van der Waals surface area (Å²) in [6.07, 6.45) is 2.02. The van der Waals surface area contributed by atoms with Crippen LogP contribution in [-0.4, -0.2) is 35.2 Å². The van der Waals surface area contributed by atoms with Gasteiger partial charge in [0.25, 0.3) is 0 Å². The molecule has 21 heavy (non-hydrogen) atoms. The number of rotatable bonds is 6. The zero-order valence-corrected chi connectivity index (χ0v) is 12.7. The monoisotopic (exact) mass is 289 g/mol. The molecule has 1 atom stereocenters. The first-order chi connectivity index (χ1) is 10.1. The number of carboxylic acid groups (broad SMARTS) is 1. The van der Waals surface area contributed by atoms with Crippen molar-refractivity contribution in [3.8, 4) is 0 Å². The van der Waals surface area contributed by atoms with Crippen LogP contribution in [0.5, 0.6) is 0 Å². The molecule has 0 amide bonds. The highest BCUT2D eigenvalue weighted by Gasteiger charge is 2.31. The standard InChI is InChI=1S/C17H23NO3/c1-3-21-16(13(2)17(19)20)15-10-7-11-18(15)12-14-8-5-4-6-9-14/h4-6,8-9,15H,3,7,10-12H2,1-2H3,(H,19,20)/b16-13+/t15-/m0/s1. The molecule has 0 aromatic heterocycles. The van der Waals surface area contributed by atoms with Crippen LogP contribution in [0.1, 0.15) is 32.3 Å². The van der Waals surface area contributed by atoms with Crippen molar-refractivity contribution < 1.29 is 14.6 Å². The Bertz CT molecular complexity index is 510. The Labute approximate surface area is 126 Å². The Morgan fingerprint density at radius 1 is 1.38 bits per heavy atom. The van der Waals surface area contributed by atoms with E-state index in [4.69, 9.17) is 4.74 Å². The molecule has 1 aromatic rings. The maximum atomic E-state index is 11.3. The van der Waals surface area contributed by atoms with Gasteiger partial charge in [-0.3, -0.25) is 4.90 Å². The maximum absolute atomic E-state index is 11.3. The smallest absolute Gasteiger partial charge is 0.334 e. The van der Waals surface area contributed by atoms with Crippen LogP contribution in [-0.2, 0) is 16.1 Å². The topological polar surface area (TPSA) is 49.8 Å². The molecule has 0 radical (unpaired) electrons. The van der Waals surface area contributed by atoms with Crippen LogP contribution in [0.2, 0.25) is 0 Å². The van der Waals surface area contributed by atoms with Gasteiger partial charge in [0.05, 0.1) is 18.2 Å². The van der Waals surface area contributed by atoms with Gasteiger partial charge in [-0.2, -0.15) is 0 Å². The van der Waals surface area contributed by atoms with E-state index in [1.54, 1.807) is 6.92 Å². The molecule has 1 N–H and O–H groups in total. The maximum Gasteiger partial charge on any atom is 0.334 e. The van der Waals surface area contributed by atoms with Crippen molar-refractivity contribution in [2.24, 2.45) is 0 Å². The van der Waals surface area contributed by atoms with Crippen molar-refractivity contribution in [2.45, 2.75) is 39.3 Å². The van der Waals surface area contributed by atoms with Crippen LogP contribution in [0.15, 0.2) is 41.7 Å². The Balaban J connectivity index is 2.19.